The molecule has 0 aliphatic heterocycles. The predicted molar refractivity (Wildman–Crippen MR) is 120 cm³/mol. The van der Waals surface area contributed by atoms with Crippen LogP contribution in [0.25, 0.3) is 16.9 Å². The highest BCUT2D eigenvalue weighted by Crippen LogP contribution is 2.23. The molecular weight excluding hydrogens is 412 g/mol. The summed E-state index contributed by atoms with van der Waals surface area (Å²) in [4.78, 5) is 20.8. The fourth-order valence-corrected chi connectivity index (χ4v) is 3.00. The van der Waals surface area contributed by atoms with Crippen LogP contribution in [0.5, 0.6) is 0 Å². The first-order valence-corrected chi connectivity index (χ1v) is 9.45. The van der Waals surface area contributed by atoms with Gasteiger partial charge in [-0.1, -0.05) is 30.3 Å². The Labute approximate surface area is 181 Å². The van der Waals surface area contributed by atoms with Gasteiger partial charge in [-0.3, -0.25) is 25.7 Å². The SMILES string of the molecule is O=[N+]([O-])c1ccc(NN=Cc2cn(-c3ccc([N+](=O)[O-])cc3)nc2-c2ccccc2)cc1. The van der Waals surface area contributed by atoms with Crippen LogP contribution < -0.4 is 5.43 Å². The Morgan fingerprint density at radius 2 is 1.44 bits per heavy atom. The van der Waals surface area contributed by atoms with E-state index in [9.17, 15) is 20.2 Å². The van der Waals surface area contributed by atoms with Gasteiger partial charge in [-0.15, -0.1) is 0 Å². The summed E-state index contributed by atoms with van der Waals surface area (Å²) in [6.45, 7) is 0. The third-order valence-electron chi connectivity index (χ3n) is 4.59. The van der Waals surface area contributed by atoms with E-state index in [0.717, 1.165) is 5.56 Å². The van der Waals surface area contributed by atoms with Crippen LogP contribution in [-0.4, -0.2) is 25.8 Å². The van der Waals surface area contributed by atoms with Crippen molar-refractivity contribution in [2.24, 2.45) is 5.10 Å². The maximum atomic E-state index is 10.9. The van der Waals surface area contributed by atoms with Gasteiger partial charge < -0.3 is 0 Å². The monoisotopic (exact) mass is 428 g/mol. The number of nitrogens with one attached hydrogen (secondary N) is 1. The molecule has 10 nitrogen and oxygen atoms in total. The maximum absolute atomic E-state index is 10.9. The van der Waals surface area contributed by atoms with Crippen LogP contribution in [0.15, 0.2) is 90.2 Å². The Morgan fingerprint density at radius 3 is 2.03 bits per heavy atom. The van der Waals surface area contributed by atoms with Crippen molar-refractivity contribution in [1.82, 2.24) is 9.78 Å². The minimum atomic E-state index is -0.466. The van der Waals surface area contributed by atoms with Gasteiger partial charge in [0.25, 0.3) is 11.4 Å². The second-order valence-electron chi connectivity index (χ2n) is 6.69. The first-order valence-electron chi connectivity index (χ1n) is 9.45. The van der Waals surface area contributed by atoms with Gasteiger partial charge >= 0.3 is 0 Å². The van der Waals surface area contributed by atoms with Crippen LogP contribution in [0.4, 0.5) is 17.1 Å². The Bertz CT molecular complexity index is 1280. The van der Waals surface area contributed by atoms with E-state index in [2.05, 4.69) is 15.6 Å². The van der Waals surface area contributed by atoms with Crippen molar-refractivity contribution in [1.29, 1.82) is 0 Å². The van der Waals surface area contributed by atoms with E-state index in [-0.39, 0.29) is 11.4 Å². The average molecular weight is 428 g/mol. The number of benzene rings is 3. The molecular formula is C22H16N6O4. The second-order valence-corrected chi connectivity index (χ2v) is 6.69. The number of rotatable bonds is 7. The zero-order chi connectivity index (χ0) is 22.5. The third kappa shape index (κ3) is 4.49. The van der Waals surface area contributed by atoms with Gasteiger partial charge in [0.15, 0.2) is 0 Å². The summed E-state index contributed by atoms with van der Waals surface area (Å²) in [5.74, 6) is 0. The number of non-ortho nitro benzene ring substituents is 2. The minimum absolute atomic E-state index is 0.00160. The predicted octanol–water partition coefficient (Wildman–Crippen LogP) is 4.80. The zero-order valence-electron chi connectivity index (χ0n) is 16.5. The molecule has 0 saturated heterocycles. The van der Waals surface area contributed by atoms with Crippen LogP contribution in [0.3, 0.4) is 0 Å². The van der Waals surface area contributed by atoms with Crippen molar-refractivity contribution in [2.75, 3.05) is 5.43 Å². The molecule has 32 heavy (non-hydrogen) atoms. The summed E-state index contributed by atoms with van der Waals surface area (Å²) in [7, 11) is 0. The quantitative estimate of drug-likeness (QED) is 0.256. The van der Waals surface area contributed by atoms with Crippen LogP contribution in [-0.2, 0) is 0 Å². The summed E-state index contributed by atoms with van der Waals surface area (Å²) in [6.07, 6.45) is 3.36. The third-order valence-corrected chi connectivity index (χ3v) is 4.59. The lowest BCUT2D eigenvalue weighted by atomic mass is 10.1. The standard InChI is InChI=1S/C22H16N6O4/c29-27(30)20-8-6-18(7-9-20)24-23-14-17-15-26(19-10-12-21(13-11-19)28(31)32)25-22(17)16-4-2-1-3-5-16/h1-15,24H. The molecule has 0 radical (unpaired) electrons. The molecule has 0 spiro atoms. The average Bonchev–Trinajstić information content (AvgIpc) is 3.24. The van der Waals surface area contributed by atoms with Gasteiger partial charge in [-0.05, 0) is 24.3 Å². The first-order chi connectivity index (χ1) is 15.5. The van der Waals surface area contributed by atoms with Gasteiger partial charge in [0.05, 0.1) is 27.4 Å². The number of hydrazone groups is 1. The molecule has 10 heteroatoms. The molecule has 4 rings (SSSR count). The fraction of sp³-hybridized carbons (Fsp3) is 0. The van der Waals surface area contributed by atoms with E-state index in [0.29, 0.717) is 22.6 Å². The lowest BCUT2D eigenvalue weighted by Gasteiger charge is -2.01. The van der Waals surface area contributed by atoms with Crippen molar-refractivity contribution in [3.05, 3.63) is 111 Å². The van der Waals surface area contributed by atoms with Crippen LogP contribution in [0.1, 0.15) is 5.56 Å². The van der Waals surface area contributed by atoms with E-state index >= 15 is 0 Å². The van der Waals surface area contributed by atoms with Crippen molar-refractivity contribution in [2.45, 2.75) is 0 Å². The summed E-state index contributed by atoms with van der Waals surface area (Å²) in [5, 5.41) is 30.5. The largest absolute Gasteiger partial charge is 0.278 e. The Morgan fingerprint density at radius 1 is 0.844 bits per heavy atom. The molecule has 0 bridgehead atoms. The summed E-state index contributed by atoms with van der Waals surface area (Å²) in [6, 6.07) is 21.5. The van der Waals surface area contributed by atoms with E-state index < -0.39 is 9.85 Å². The highest BCUT2D eigenvalue weighted by molar-refractivity contribution is 5.89. The molecule has 1 aromatic heterocycles. The first kappa shape index (κ1) is 20.4. The lowest BCUT2D eigenvalue weighted by molar-refractivity contribution is -0.385. The Balaban J connectivity index is 1.63. The zero-order valence-corrected chi connectivity index (χ0v) is 16.5. The van der Waals surface area contributed by atoms with Gasteiger partial charge in [-0.2, -0.15) is 10.2 Å². The molecule has 0 aliphatic carbocycles. The van der Waals surface area contributed by atoms with Crippen molar-refractivity contribution in [3.63, 3.8) is 0 Å². The molecule has 0 saturated carbocycles. The molecule has 3 aromatic carbocycles. The normalized spacial score (nSPS) is 10.9. The molecule has 1 heterocycles. The van der Waals surface area contributed by atoms with Gasteiger partial charge in [0.1, 0.15) is 5.69 Å². The molecule has 4 aromatic rings. The molecule has 0 unspecified atom stereocenters. The smallest absolute Gasteiger partial charge is 0.269 e. The summed E-state index contributed by atoms with van der Waals surface area (Å²) >= 11 is 0. The van der Waals surface area contributed by atoms with Crippen molar-refractivity contribution < 1.29 is 9.85 Å². The number of nitro groups is 2. The number of nitrogens with zero attached hydrogens (tertiary/aromatic N) is 5. The van der Waals surface area contributed by atoms with Crippen molar-refractivity contribution >= 4 is 23.3 Å². The highest BCUT2D eigenvalue weighted by Gasteiger charge is 2.12. The molecule has 0 amide bonds. The topological polar surface area (TPSA) is 128 Å². The highest BCUT2D eigenvalue weighted by atomic mass is 16.6. The van der Waals surface area contributed by atoms with E-state index in [1.807, 2.05) is 30.3 Å². The van der Waals surface area contributed by atoms with Crippen LogP contribution >= 0.6 is 0 Å². The molecule has 0 atom stereocenters. The fourth-order valence-electron chi connectivity index (χ4n) is 3.00. The van der Waals surface area contributed by atoms with Gasteiger partial charge in [-0.25, -0.2) is 4.68 Å². The van der Waals surface area contributed by atoms with Crippen molar-refractivity contribution in [3.8, 4) is 16.9 Å². The maximum Gasteiger partial charge on any atom is 0.269 e. The molecule has 1 N–H and O–H groups in total. The lowest BCUT2D eigenvalue weighted by Crippen LogP contribution is -1.95. The van der Waals surface area contributed by atoms with Crippen LogP contribution in [0, 0.1) is 20.2 Å². The van der Waals surface area contributed by atoms with E-state index in [1.165, 1.54) is 24.3 Å². The van der Waals surface area contributed by atoms with Crippen LogP contribution in [0.2, 0.25) is 0 Å². The minimum Gasteiger partial charge on any atom is -0.278 e. The molecule has 0 fully saturated rings. The van der Waals surface area contributed by atoms with Gasteiger partial charge in [0.2, 0.25) is 0 Å². The number of hydrogen-bond donors (Lipinski definition) is 1. The molecule has 158 valence electrons. The Kier molecular flexibility index (Phi) is 5.66. The number of aromatic nitrogens is 2. The number of anilines is 1. The molecule has 0 aliphatic rings. The van der Waals surface area contributed by atoms with E-state index in [4.69, 9.17) is 0 Å². The number of nitro benzene ring substituents is 2. The van der Waals surface area contributed by atoms with E-state index in [1.54, 1.807) is 41.4 Å². The summed E-state index contributed by atoms with van der Waals surface area (Å²) in [5.41, 5.74) is 6.36. The summed E-state index contributed by atoms with van der Waals surface area (Å²) < 4.78 is 1.62. The van der Waals surface area contributed by atoms with Gasteiger partial charge in [0, 0.05) is 41.6 Å². The Hall–Kier alpha value is -4.86. The number of hydrogen-bond acceptors (Lipinski definition) is 7. The second kappa shape index (κ2) is 8.88.